The van der Waals surface area contributed by atoms with E-state index in [0.717, 1.165) is 50.5 Å². The van der Waals surface area contributed by atoms with E-state index >= 15 is 0 Å². The maximum absolute atomic E-state index is 12.8. The second kappa shape index (κ2) is 12.1. The van der Waals surface area contributed by atoms with Gasteiger partial charge in [-0.1, -0.05) is 52.7 Å². The molecule has 1 aromatic carbocycles. The molecule has 0 heterocycles. The van der Waals surface area contributed by atoms with Gasteiger partial charge in [0.2, 0.25) is 0 Å². The minimum Gasteiger partial charge on any atom is -0.459 e. The first-order chi connectivity index (χ1) is 12.1. The highest BCUT2D eigenvalue weighted by Gasteiger charge is 2.20. The molecule has 0 aliphatic heterocycles. The van der Waals surface area contributed by atoms with Gasteiger partial charge in [0.15, 0.2) is 0 Å². The molecule has 0 bridgehead atoms. The van der Waals surface area contributed by atoms with Crippen molar-refractivity contribution in [2.45, 2.75) is 97.7 Å². The second-order valence-corrected chi connectivity index (χ2v) is 6.88. The predicted molar refractivity (Wildman–Crippen MR) is 104 cm³/mol. The summed E-state index contributed by atoms with van der Waals surface area (Å²) >= 11 is 0. The van der Waals surface area contributed by atoms with Crippen LogP contribution in [0.4, 0.5) is 0 Å². The number of aryl methyl sites for hydroxylation is 1. The zero-order chi connectivity index (χ0) is 18.7. The van der Waals surface area contributed by atoms with Crippen LogP contribution in [-0.4, -0.2) is 23.3 Å². The number of hydrogen-bond donors (Lipinski definition) is 1. The molecule has 1 aromatic rings. The number of esters is 1. The number of benzene rings is 1. The number of rotatable bonds is 12. The zero-order valence-electron chi connectivity index (χ0n) is 16.5. The van der Waals surface area contributed by atoms with E-state index in [4.69, 9.17) is 4.74 Å². The summed E-state index contributed by atoms with van der Waals surface area (Å²) in [6.07, 6.45) is 7.70. The van der Waals surface area contributed by atoms with E-state index in [1.807, 2.05) is 26.0 Å². The third-order valence-electron chi connectivity index (χ3n) is 4.81. The van der Waals surface area contributed by atoms with Crippen LogP contribution in [0.1, 0.15) is 94.1 Å². The minimum atomic E-state index is -0.409. The molecule has 0 spiro atoms. The second-order valence-electron chi connectivity index (χ2n) is 6.88. The quantitative estimate of drug-likeness (QED) is 0.510. The average molecular weight is 349 g/mol. The summed E-state index contributed by atoms with van der Waals surface area (Å²) in [5, 5.41) is 9.86. The van der Waals surface area contributed by atoms with Crippen molar-refractivity contribution in [1.29, 1.82) is 0 Å². The normalized spacial score (nSPS) is 13.5. The third kappa shape index (κ3) is 7.19. The van der Waals surface area contributed by atoms with Crippen molar-refractivity contribution >= 4 is 5.97 Å². The molecule has 0 amide bonds. The Labute approximate surface area is 153 Å². The van der Waals surface area contributed by atoms with Gasteiger partial charge >= 0.3 is 5.97 Å². The topological polar surface area (TPSA) is 46.5 Å². The van der Waals surface area contributed by atoms with Gasteiger partial charge in [0, 0.05) is 6.42 Å². The average Bonchev–Trinajstić information content (AvgIpc) is 2.63. The lowest BCUT2D eigenvalue weighted by Crippen LogP contribution is -2.24. The number of aliphatic hydroxyl groups excluding tert-OH is 1. The van der Waals surface area contributed by atoms with Gasteiger partial charge in [-0.3, -0.25) is 0 Å². The highest BCUT2D eigenvalue weighted by molar-refractivity contribution is 5.91. The van der Waals surface area contributed by atoms with E-state index in [1.54, 1.807) is 0 Å². The Morgan fingerprint density at radius 3 is 2.32 bits per heavy atom. The molecule has 0 saturated carbocycles. The summed E-state index contributed by atoms with van der Waals surface area (Å²) in [5.74, 6) is -0.236. The molecule has 0 saturated heterocycles. The van der Waals surface area contributed by atoms with E-state index in [-0.39, 0.29) is 12.1 Å². The maximum Gasteiger partial charge on any atom is 0.338 e. The molecule has 2 unspecified atom stereocenters. The van der Waals surface area contributed by atoms with Crippen molar-refractivity contribution in [3.05, 3.63) is 34.9 Å². The van der Waals surface area contributed by atoms with E-state index in [2.05, 4.69) is 19.9 Å². The van der Waals surface area contributed by atoms with E-state index < -0.39 is 6.10 Å². The number of hydrogen-bond acceptors (Lipinski definition) is 3. The Morgan fingerprint density at radius 1 is 1.04 bits per heavy atom. The van der Waals surface area contributed by atoms with Crippen LogP contribution in [0.25, 0.3) is 0 Å². The van der Waals surface area contributed by atoms with Crippen LogP contribution < -0.4 is 0 Å². The molecule has 2 atom stereocenters. The summed E-state index contributed by atoms with van der Waals surface area (Å²) in [7, 11) is 0. The van der Waals surface area contributed by atoms with Crippen molar-refractivity contribution in [3.8, 4) is 0 Å². The fraction of sp³-hybridized carbons (Fsp3) is 0.682. The molecule has 0 fully saturated rings. The van der Waals surface area contributed by atoms with Crippen LogP contribution in [-0.2, 0) is 17.6 Å². The van der Waals surface area contributed by atoms with E-state index in [1.165, 1.54) is 5.56 Å². The summed E-state index contributed by atoms with van der Waals surface area (Å²) in [5.41, 5.74) is 3.16. The molecule has 142 valence electrons. The molecular weight excluding hydrogens is 312 g/mol. The van der Waals surface area contributed by atoms with Crippen LogP contribution in [0.5, 0.6) is 0 Å². The molecule has 0 aliphatic carbocycles. The van der Waals surface area contributed by atoms with Crippen molar-refractivity contribution in [3.63, 3.8) is 0 Å². The SMILES string of the molecule is CCCCc1cccc(C(=O)OC(CC)CC(O)CC)c1CCCC. The van der Waals surface area contributed by atoms with Crippen molar-refractivity contribution in [2.24, 2.45) is 0 Å². The smallest absolute Gasteiger partial charge is 0.338 e. The first-order valence-electron chi connectivity index (χ1n) is 10.1. The highest BCUT2D eigenvalue weighted by atomic mass is 16.5. The van der Waals surface area contributed by atoms with Crippen LogP contribution in [0.2, 0.25) is 0 Å². The Morgan fingerprint density at radius 2 is 1.72 bits per heavy atom. The van der Waals surface area contributed by atoms with Crippen LogP contribution in [0.15, 0.2) is 18.2 Å². The Bertz CT molecular complexity index is 510. The largest absolute Gasteiger partial charge is 0.459 e. The van der Waals surface area contributed by atoms with Gasteiger partial charge in [-0.15, -0.1) is 0 Å². The van der Waals surface area contributed by atoms with Gasteiger partial charge in [0.1, 0.15) is 6.10 Å². The number of carbonyl (C=O) groups is 1. The zero-order valence-corrected chi connectivity index (χ0v) is 16.5. The minimum absolute atomic E-state index is 0.222. The lowest BCUT2D eigenvalue weighted by atomic mass is 9.93. The molecule has 0 aliphatic rings. The number of ether oxygens (including phenoxy) is 1. The molecular formula is C22H36O3. The molecule has 1 rings (SSSR count). The lowest BCUT2D eigenvalue weighted by Gasteiger charge is -2.20. The van der Waals surface area contributed by atoms with Crippen LogP contribution in [0.3, 0.4) is 0 Å². The number of aliphatic hydroxyl groups is 1. The standard InChI is InChI=1S/C22H36O3/c1-5-9-12-17-13-11-15-21(20(17)14-10-6-2)22(24)25-19(8-4)16-18(23)7-3/h11,13,15,18-19,23H,5-10,12,14,16H2,1-4H3. The van der Waals surface area contributed by atoms with E-state index in [0.29, 0.717) is 18.4 Å². The summed E-state index contributed by atoms with van der Waals surface area (Å²) in [6, 6.07) is 6.01. The van der Waals surface area contributed by atoms with E-state index in [9.17, 15) is 9.90 Å². The molecule has 3 heteroatoms. The monoisotopic (exact) mass is 348 g/mol. The molecule has 1 N–H and O–H groups in total. The summed E-state index contributed by atoms with van der Waals surface area (Å²) in [6.45, 7) is 8.30. The molecule has 3 nitrogen and oxygen atoms in total. The van der Waals surface area contributed by atoms with Crippen molar-refractivity contribution in [2.75, 3.05) is 0 Å². The van der Waals surface area contributed by atoms with Gasteiger partial charge in [0.05, 0.1) is 11.7 Å². The Hall–Kier alpha value is -1.35. The van der Waals surface area contributed by atoms with Gasteiger partial charge < -0.3 is 9.84 Å². The van der Waals surface area contributed by atoms with Gasteiger partial charge in [-0.05, 0) is 55.7 Å². The Balaban J connectivity index is 2.97. The first kappa shape index (κ1) is 21.7. The number of unbranched alkanes of at least 4 members (excludes halogenated alkanes) is 2. The fourth-order valence-corrected chi connectivity index (χ4v) is 3.06. The van der Waals surface area contributed by atoms with Gasteiger partial charge in [-0.25, -0.2) is 4.79 Å². The van der Waals surface area contributed by atoms with Crippen LogP contribution >= 0.6 is 0 Å². The highest BCUT2D eigenvalue weighted by Crippen LogP contribution is 2.22. The summed E-state index contributed by atoms with van der Waals surface area (Å²) < 4.78 is 5.74. The first-order valence-corrected chi connectivity index (χ1v) is 10.1. The fourth-order valence-electron chi connectivity index (χ4n) is 3.06. The molecule has 0 aromatic heterocycles. The third-order valence-corrected chi connectivity index (χ3v) is 4.81. The molecule has 0 radical (unpaired) electrons. The number of carbonyl (C=O) groups excluding carboxylic acids is 1. The lowest BCUT2D eigenvalue weighted by molar-refractivity contribution is 0.0131. The predicted octanol–water partition coefficient (Wildman–Crippen LogP) is 5.47. The molecule has 25 heavy (non-hydrogen) atoms. The Kier molecular flexibility index (Phi) is 10.5. The van der Waals surface area contributed by atoms with Gasteiger partial charge in [0.25, 0.3) is 0 Å². The van der Waals surface area contributed by atoms with Crippen LogP contribution in [0, 0.1) is 0 Å². The van der Waals surface area contributed by atoms with Crippen molar-refractivity contribution in [1.82, 2.24) is 0 Å². The summed E-state index contributed by atoms with van der Waals surface area (Å²) in [4.78, 5) is 12.8. The maximum atomic E-state index is 12.8. The van der Waals surface area contributed by atoms with Crippen molar-refractivity contribution < 1.29 is 14.6 Å². The van der Waals surface area contributed by atoms with Gasteiger partial charge in [-0.2, -0.15) is 0 Å².